The number of carbonyl (C=O) groups is 1. The third-order valence-electron chi connectivity index (χ3n) is 2.47. The van der Waals surface area contributed by atoms with Crippen molar-refractivity contribution in [1.29, 1.82) is 0 Å². The normalized spacial score (nSPS) is 14.2. The predicted molar refractivity (Wildman–Crippen MR) is 62.5 cm³/mol. The van der Waals surface area contributed by atoms with Crippen LogP contribution in [0, 0.1) is 11.6 Å². The van der Waals surface area contributed by atoms with Crippen molar-refractivity contribution in [1.82, 2.24) is 0 Å². The third kappa shape index (κ3) is 3.49. The zero-order valence-corrected chi connectivity index (χ0v) is 9.89. The Bertz CT molecular complexity index is 419. The van der Waals surface area contributed by atoms with E-state index in [1.807, 2.05) is 6.92 Å². The summed E-state index contributed by atoms with van der Waals surface area (Å²) in [7, 11) is 0. The second kappa shape index (κ2) is 5.23. The molecular weight excluding hydrogens is 226 g/mol. The minimum atomic E-state index is -1.06. The van der Waals surface area contributed by atoms with Crippen molar-refractivity contribution in [3.63, 3.8) is 0 Å². The Kier molecular flexibility index (Phi) is 4.17. The number of hydrogen-bond acceptors (Lipinski definition) is 2. The molecule has 0 saturated carbocycles. The lowest BCUT2D eigenvalue weighted by molar-refractivity contribution is -0.120. The van der Waals surface area contributed by atoms with Gasteiger partial charge in [0.05, 0.1) is 11.2 Å². The van der Waals surface area contributed by atoms with Gasteiger partial charge in [-0.15, -0.1) is 0 Å². The van der Waals surface area contributed by atoms with Crippen LogP contribution in [-0.2, 0) is 4.79 Å². The zero-order valence-electron chi connectivity index (χ0n) is 9.89. The summed E-state index contributed by atoms with van der Waals surface area (Å²) in [5.41, 5.74) is 4.66. The molecule has 0 saturated heterocycles. The van der Waals surface area contributed by atoms with Crippen LogP contribution in [0.5, 0.6) is 0 Å². The largest absolute Gasteiger partial charge is 0.322 e. The van der Waals surface area contributed by atoms with Crippen LogP contribution in [0.15, 0.2) is 18.2 Å². The van der Waals surface area contributed by atoms with Gasteiger partial charge in [-0.3, -0.25) is 4.79 Å². The Morgan fingerprint density at radius 3 is 2.65 bits per heavy atom. The van der Waals surface area contributed by atoms with E-state index in [4.69, 9.17) is 5.73 Å². The van der Waals surface area contributed by atoms with E-state index in [0.29, 0.717) is 12.5 Å². The van der Waals surface area contributed by atoms with Crippen LogP contribution < -0.4 is 11.1 Å². The number of anilines is 1. The molecule has 0 aromatic heterocycles. The molecule has 1 amide bonds. The van der Waals surface area contributed by atoms with Crippen molar-refractivity contribution >= 4 is 11.6 Å². The number of carbonyl (C=O) groups excluding carboxylic acids is 1. The van der Waals surface area contributed by atoms with Crippen LogP contribution in [-0.4, -0.2) is 11.4 Å². The summed E-state index contributed by atoms with van der Waals surface area (Å²) in [4.78, 5) is 11.8. The first-order chi connectivity index (χ1) is 7.86. The summed E-state index contributed by atoms with van der Waals surface area (Å²) in [5, 5.41) is 2.36. The fraction of sp³-hybridized carbons (Fsp3) is 0.417. The Morgan fingerprint density at radius 1 is 1.47 bits per heavy atom. The molecule has 1 aromatic carbocycles. The van der Waals surface area contributed by atoms with Crippen molar-refractivity contribution < 1.29 is 13.6 Å². The molecule has 0 spiro atoms. The molecule has 0 aliphatic carbocycles. The first-order valence-corrected chi connectivity index (χ1v) is 5.42. The quantitative estimate of drug-likeness (QED) is 0.852. The monoisotopic (exact) mass is 242 g/mol. The smallest absolute Gasteiger partial charge is 0.244 e. The highest BCUT2D eigenvalue weighted by atomic mass is 19.1. The number of hydrogen-bond donors (Lipinski definition) is 2. The van der Waals surface area contributed by atoms with Crippen LogP contribution in [0.2, 0.25) is 0 Å². The summed E-state index contributed by atoms with van der Waals surface area (Å²) in [6, 6.07) is 2.96. The molecule has 3 N–H and O–H groups in total. The lowest BCUT2D eigenvalue weighted by Crippen LogP contribution is -2.48. The first-order valence-electron chi connectivity index (χ1n) is 5.42. The van der Waals surface area contributed by atoms with Crippen molar-refractivity contribution in [3.05, 3.63) is 29.8 Å². The van der Waals surface area contributed by atoms with E-state index in [1.54, 1.807) is 6.92 Å². The molecule has 1 rings (SSSR count). The Morgan fingerprint density at radius 2 is 2.12 bits per heavy atom. The van der Waals surface area contributed by atoms with Crippen LogP contribution in [0.1, 0.15) is 26.7 Å². The van der Waals surface area contributed by atoms with Crippen LogP contribution in [0.4, 0.5) is 14.5 Å². The molecule has 0 aliphatic rings. The lowest BCUT2D eigenvalue weighted by Gasteiger charge is -2.22. The van der Waals surface area contributed by atoms with E-state index in [0.717, 1.165) is 12.5 Å². The molecule has 0 aliphatic heterocycles. The van der Waals surface area contributed by atoms with Crippen LogP contribution in [0.3, 0.4) is 0 Å². The topological polar surface area (TPSA) is 55.1 Å². The predicted octanol–water partition coefficient (Wildman–Crippen LogP) is 2.42. The number of halogens is 2. The minimum Gasteiger partial charge on any atom is -0.322 e. The van der Waals surface area contributed by atoms with Gasteiger partial charge in [0.25, 0.3) is 0 Å². The lowest BCUT2D eigenvalue weighted by atomic mass is 9.96. The maximum absolute atomic E-state index is 13.3. The van der Waals surface area contributed by atoms with E-state index in [9.17, 15) is 13.6 Å². The SMILES string of the molecule is CCCC(C)(N)C(=O)Nc1ccc(F)cc1F. The number of amides is 1. The van der Waals surface area contributed by atoms with Crippen molar-refractivity contribution in [2.75, 3.05) is 5.32 Å². The molecule has 94 valence electrons. The molecule has 0 fully saturated rings. The van der Waals surface area contributed by atoms with Gasteiger partial charge in [0.1, 0.15) is 11.6 Å². The van der Waals surface area contributed by atoms with E-state index >= 15 is 0 Å². The van der Waals surface area contributed by atoms with Gasteiger partial charge in [0, 0.05) is 6.07 Å². The van der Waals surface area contributed by atoms with Gasteiger partial charge < -0.3 is 11.1 Å². The van der Waals surface area contributed by atoms with Crippen molar-refractivity contribution in [2.24, 2.45) is 5.73 Å². The standard InChI is InChI=1S/C12H16F2N2O/c1-3-6-12(2,15)11(17)16-10-5-4-8(13)7-9(10)14/h4-5,7H,3,6,15H2,1-2H3,(H,16,17). The van der Waals surface area contributed by atoms with E-state index < -0.39 is 23.1 Å². The first kappa shape index (κ1) is 13.6. The molecule has 0 heterocycles. The van der Waals surface area contributed by atoms with Crippen LogP contribution >= 0.6 is 0 Å². The molecule has 17 heavy (non-hydrogen) atoms. The van der Waals surface area contributed by atoms with E-state index in [-0.39, 0.29) is 5.69 Å². The Hall–Kier alpha value is -1.49. The van der Waals surface area contributed by atoms with E-state index in [2.05, 4.69) is 5.32 Å². The average Bonchev–Trinajstić information content (AvgIpc) is 2.22. The highest BCUT2D eigenvalue weighted by Crippen LogP contribution is 2.17. The van der Waals surface area contributed by atoms with Gasteiger partial charge in [-0.1, -0.05) is 13.3 Å². The summed E-state index contributed by atoms with van der Waals surface area (Å²) in [6.07, 6.45) is 1.23. The highest BCUT2D eigenvalue weighted by Gasteiger charge is 2.27. The average molecular weight is 242 g/mol. The van der Waals surface area contributed by atoms with Gasteiger partial charge >= 0.3 is 0 Å². The zero-order chi connectivity index (χ0) is 13.1. The summed E-state index contributed by atoms with van der Waals surface area (Å²) in [6.45, 7) is 3.48. The van der Waals surface area contributed by atoms with Gasteiger partial charge in [0.15, 0.2) is 0 Å². The second-order valence-electron chi connectivity index (χ2n) is 4.25. The summed E-state index contributed by atoms with van der Waals surface area (Å²) in [5.74, 6) is -1.99. The Balaban J connectivity index is 2.81. The third-order valence-corrected chi connectivity index (χ3v) is 2.47. The molecule has 1 unspecified atom stereocenters. The maximum atomic E-state index is 13.3. The minimum absolute atomic E-state index is 0.0656. The molecule has 1 aromatic rings. The van der Waals surface area contributed by atoms with Gasteiger partial charge in [-0.25, -0.2) is 8.78 Å². The fourth-order valence-corrected chi connectivity index (χ4v) is 1.49. The number of nitrogens with two attached hydrogens (primary N) is 1. The molecule has 1 atom stereocenters. The number of nitrogens with one attached hydrogen (secondary N) is 1. The molecule has 3 nitrogen and oxygen atoms in total. The van der Waals surface area contributed by atoms with E-state index in [1.165, 1.54) is 6.07 Å². The van der Waals surface area contributed by atoms with Crippen LogP contribution in [0.25, 0.3) is 0 Å². The van der Waals surface area contributed by atoms with Gasteiger partial charge in [-0.2, -0.15) is 0 Å². The molecule has 0 bridgehead atoms. The highest BCUT2D eigenvalue weighted by molar-refractivity contribution is 5.97. The molecule has 0 radical (unpaired) electrons. The summed E-state index contributed by atoms with van der Waals surface area (Å²) >= 11 is 0. The maximum Gasteiger partial charge on any atom is 0.244 e. The molecular formula is C12H16F2N2O. The van der Waals surface area contributed by atoms with Gasteiger partial charge in [-0.05, 0) is 25.5 Å². The second-order valence-corrected chi connectivity index (χ2v) is 4.25. The Labute approximate surface area is 99.0 Å². The van der Waals surface area contributed by atoms with Gasteiger partial charge in [0.2, 0.25) is 5.91 Å². The van der Waals surface area contributed by atoms with Crippen molar-refractivity contribution in [3.8, 4) is 0 Å². The number of rotatable bonds is 4. The number of benzene rings is 1. The molecule has 5 heteroatoms. The van der Waals surface area contributed by atoms with Crippen molar-refractivity contribution in [2.45, 2.75) is 32.2 Å². The fourth-order valence-electron chi connectivity index (χ4n) is 1.49. The summed E-state index contributed by atoms with van der Waals surface area (Å²) < 4.78 is 26.0.